The fourth-order valence-electron chi connectivity index (χ4n) is 3.76. The van der Waals surface area contributed by atoms with Crippen LogP contribution in [0.3, 0.4) is 0 Å². The first-order valence-electron chi connectivity index (χ1n) is 9.19. The fourth-order valence-corrected chi connectivity index (χ4v) is 6.67. The summed E-state index contributed by atoms with van der Waals surface area (Å²) in [5.74, 6) is 0.938. The van der Waals surface area contributed by atoms with Crippen LogP contribution in [-0.4, -0.2) is 43.0 Å². The van der Waals surface area contributed by atoms with Gasteiger partial charge in [-0.25, -0.2) is 8.42 Å². The minimum atomic E-state index is -3.09. The summed E-state index contributed by atoms with van der Waals surface area (Å²) >= 11 is 1.62. The van der Waals surface area contributed by atoms with Crippen LogP contribution >= 0.6 is 11.8 Å². The van der Waals surface area contributed by atoms with E-state index in [1.807, 2.05) is 29.2 Å². The number of hydrogen-bond acceptors (Lipinski definition) is 6. The van der Waals surface area contributed by atoms with Crippen LogP contribution in [0.5, 0.6) is 0 Å². The van der Waals surface area contributed by atoms with E-state index in [1.54, 1.807) is 17.8 Å². The molecule has 2 aromatic rings. The van der Waals surface area contributed by atoms with Crippen molar-refractivity contribution in [1.82, 2.24) is 0 Å². The smallest absolute Gasteiger partial charge is 0.164 e. The number of Topliss-reactive ketones (excluding diaryl/α,β-unsaturated/α-hetero) is 1. The Morgan fingerprint density at radius 3 is 2.71 bits per heavy atom. The van der Waals surface area contributed by atoms with E-state index in [2.05, 4.69) is 25.1 Å². The van der Waals surface area contributed by atoms with Gasteiger partial charge in [0.05, 0.1) is 23.6 Å². The van der Waals surface area contributed by atoms with E-state index in [1.165, 1.54) is 18.1 Å². The molecule has 2 atom stereocenters. The number of aliphatic imine (C=N–C) groups is 1. The Kier molecular flexibility index (Phi) is 5.05. The van der Waals surface area contributed by atoms with E-state index in [0.29, 0.717) is 5.56 Å². The second kappa shape index (κ2) is 7.37. The monoisotopic (exact) mass is 414 g/mol. The number of anilines is 1. The number of nitrogens with zero attached hydrogens (tertiary/aromatic N) is 2. The summed E-state index contributed by atoms with van der Waals surface area (Å²) in [6, 6.07) is 15.3. The van der Waals surface area contributed by atoms with Crippen LogP contribution in [0.15, 0.2) is 53.5 Å². The number of fused-ring (bicyclic) bond motifs is 1. The number of thioether (sulfide) groups is 1. The molecule has 0 radical (unpaired) electrons. The lowest BCUT2D eigenvalue weighted by Gasteiger charge is -2.27. The number of benzene rings is 2. The van der Waals surface area contributed by atoms with Gasteiger partial charge in [-0.1, -0.05) is 53.7 Å². The van der Waals surface area contributed by atoms with Gasteiger partial charge in [0.1, 0.15) is 0 Å². The Labute approximate surface area is 169 Å². The lowest BCUT2D eigenvalue weighted by molar-refractivity contribution is 0.101. The maximum Gasteiger partial charge on any atom is 0.164 e. The van der Waals surface area contributed by atoms with Gasteiger partial charge in [0, 0.05) is 17.0 Å². The number of carbonyl (C=O) groups is 1. The van der Waals surface area contributed by atoms with E-state index in [4.69, 9.17) is 4.99 Å². The van der Waals surface area contributed by atoms with Gasteiger partial charge in [-0.3, -0.25) is 9.79 Å². The van der Waals surface area contributed by atoms with Crippen LogP contribution < -0.4 is 4.90 Å². The molecule has 0 aromatic heterocycles. The third-order valence-corrected chi connectivity index (χ3v) is 7.83. The summed E-state index contributed by atoms with van der Waals surface area (Å²) in [7, 11) is -3.09. The molecule has 0 N–H and O–H groups in total. The summed E-state index contributed by atoms with van der Waals surface area (Å²) in [6.07, 6.45) is 0. The predicted octanol–water partition coefficient (Wildman–Crippen LogP) is 3.47. The highest BCUT2D eigenvalue weighted by Gasteiger charge is 2.47. The zero-order valence-corrected chi connectivity index (χ0v) is 17.5. The van der Waals surface area contributed by atoms with Crippen LogP contribution in [0.1, 0.15) is 28.4 Å². The maximum absolute atomic E-state index is 12.2. The van der Waals surface area contributed by atoms with Crippen molar-refractivity contribution in [3.8, 4) is 0 Å². The number of amidine groups is 1. The second-order valence-corrected chi connectivity index (χ2v) is 10.5. The summed E-state index contributed by atoms with van der Waals surface area (Å²) in [5, 5.41) is 0.826. The van der Waals surface area contributed by atoms with E-state index in [0.717, 1.165) is 16.6 Å². The lowest BCUT2D eigenvalue weighted by atomic mass is 10.1. The summed E-state index contributed by atoms with van der Waals surface area (Å²) < 4.78 is 24.3. The molecule has 1 saturated heterocycles. The Bertz CT molecular complexity index is 1060. The van der Waals surface area contributed by atoms with Crippen molar-refractivity contribution < 1.29 is 13.2 Å². The molecule has 0 unspecified atom stereocenters. The molecule has 0 spiro atoms. The maximum atomic E-state index is 12.2. The molecule has 1 fully saturated rings. The third-order valence-electron chi connectivity index (χ3n) is 5.09. The Morgan fingerprint density at radius 1 is 1.18 bits per heavy atom. The number of carbonyl (C=O) groups excluding carboxylic acids is 1. The Morgan fingerprint density at radius 2 is 1.96 bits per heavy atom. The third kappa shape index (κ3) is 3.86. The minimum Gasteiger partial charge on any atom is -0.315 e. The number of hydrogen-bond donors (Lipinski definition) is 0. The van der Waals surface area contributed by atoms with Crippen LogP contribution in [0.25, 0.3) is 0 Å². The minimum absolute atomic E-state index is 0.0115. The molecular weight excluding hydrogens is 392 g/mol. The molecule has 5 nitrogen and oxygen atoms in total. The van der Waals surface area contributed by atoms with Crippen molar-refractivity contribution in [2.45, 2.75) is 31.7 Å². The molecule has 28 heavy (non-hydrogen) atoms. The normalized spacial score (nSPS) is 22.8. The van der Waals surface area contributed by atoms with Crippen molar-refractivity contribution in [2.75, 3.05) is 16.4 Å². The molecule has 0 bridgehead atoms. The van der Waals surface area contributed by atoms with Crippen LogP contribution in [-0.2, 0) is 15.6 Å². The standard InChI is InChI=1S/C21H22N2O3S2/c1-14-5-3-6-16(9-14)11-27-21-22-19-12-28(25,26)13-20(19)23(21)18-8-4-7-17(10-18)15(2)24/h3-10,19-20H,11-13H2,1-2H3/t19-,20-/m1/s1. The molecule has 2 aromatic carbocycles. The summed E-state index contributed by atoms with van der Waals surface area (Å²) in [4.78, 5) is 18.6. The topological polar surface area (TPSA) is 66.8 Å². The highest BCUT2D eigenvalue weighted by molar-refractivity contribution is 8.13. The van der Waals surface area contributed by atoms with Gasteiger partial charge in [-0.15, -0.1) is 0 Å². The van der Waals surface area contributed by atoms with E-state index < -0.39 is 9.84 Å². The van der Waals surface area contributed by atoms with Gasteiger partial charge in [-0.05, 0) is 31.5 Å². The van der Waals surface area contributed by atoms with Crippen LogP contribution in [0.4, 0.5) is 5.69 Å². The zero-order chi connectivity index (χ0) is 19.9. The van der Waals surface area contributed by atoms with Gasteiger partial charge >= 0.3 is 0 Å². The molecule has 2 aliphatic rings. The Balaban J connectivity index is 1.65. The lowest BCUT2D eigenvalue weighted by Crippen LogP contribution is -2.39. The molecule has 2 heterocycles. The second-order valence-electron chi connectivity index (χ2n) is 7.38. The molecule has 0 amide bonds. The molecule has 7 heteroatoms. The summed E-state index contributed by atoms with van der Waals surface area (Å²) in [5.41, 5.74) is 3.85. The van der Waals surface area contributed by atoms with Crippen molar-refractivity contribution in [1.29, 1.82) is 0 Å². The van der Waals surface area contributed by atoms with Crippen LogP contribution in [0.2, 0.25) is 0 Å². The average molecular weight is 415 g/mol. The van der Waals surface area contributed by atoms with Gasteiger partial charge in [0.2, 0.25) is 0 Å². The highest BCUT2D eigenvalue weighted by Crippen LogP contribution is 2.36. The molecule has 0 aliphatic carbocycles. The van der Waals surface area contributed by atoms with Gasteiger partial charge in [0.25, 0.3) is 0 Å². The molecular formula is C21H22N2O3S2. The number of sulfone groups is 1. The zero-order valence-electron chi connectivity index (χ0n) is 15.8. The van der Waals surface area contributed by atoms with Gasteiger partial charge < -0.3 is 4.90 Å². The van der Waals surface area contributed by atoms with Crippen LogP contribution in [0, 0.1) is 6.92 Å². The molecule has 4 rings (SSSR count). The summed E-state index contributed by atoms with van der Waals surface area (Å²) in [6.45, 7) is 3.60. The number of aryl methyl sites for hydroxylation is 1. The largest absolute Gasteiger partial charge is 0.315 e. The highest BCUT2D eigenvalue weighted by atomic mass is 32.2. The average Bonchev–Trinajstić information content (AvgIpc) is 3.11. The fraction of sp³-hybridized carbons (Fsp3) is 0.333. The van der Waals surface area contributed by atoms with Gasteiger partial charge in [-0.2, -0.15) is 0 Å². The molecule has 2 aliphatic heterocycles. The quantitative estimate of drug-likeness (QED) is 0.717. The van der Waals surface area contributed by atoms with E-state index in [-0.39, 0.29) is 29.4 Å². The first-order chi connectivity index (χ1) is 13.3. The van der Waals surface area contributed by atoms with E-state index >= 15 is 0 Å². The number of ketones is 1. The molecule has 146 valence electrons. The number of rotatable bonds is 4. The Hall–Kier alpha value is -2.12. The van der Waals surface area contributed by atoms with Crippen molar-refractivity contribution in [3.05, 3.63) is 65.2 Å². The van der Waals surface area contributed by atoms with Gasteiger partial charge in [0.15, 0.2) is 20.8 Å². The van der Waals surface area contributed by atoms with Crippen molar-refractivity contribution >= 4 is 38.2 Å². The van der Waals surface area contributed by atoms with Crippen molar-refractivity contribution in [2.24, 2.45) is 4.99 Å². The predicted molar refractivity (Wildman–Crippen MR) is 115 cm³/mol. The molecule has 0 saturated carbocycles. The first kappa shape index (κ1) is 19.2. The SMILES string of the molecule is CC(=O)c1cccc(N2C(SCc3cccc(C)c3)=N[C@@H]3CS(=O)(=O)C[C@H]32)c1. The van der Waals surface area contributed by atoms with Crippen molar-refractivity contribution in [3.63, 3.8) is 0 Å². The first-order valence-corrected chi connectivity index (χ1v) is 12.0. The van der Waals surface area contributed by atoms with E-state index in [9.17, 15) is 13.2 Å².